The van der Waals surface area contributed by atoms with Gasteiger partial charge in [-0.25, -0.2) is 22.5 Å². The van der Waals surface area contributed by atoms with E-state index in [1.165, 1.54) is 23.5 Å². The van der Waals surface area contributed by atoms with Crippen LogP contribution in [-0.2, 0) is 10.0 Å². The minimum atomic E-state index is -4.10. The monoisotopic (exact) mass is 405 g/mol. The number of carbonyl (C=O) groups is 1. The standard InChI is InChI=1S/C18H16FN3O3S2/c1-3-8-20-27(24,25)16-10-12(5-6-13(16)19)17(23)22-18-21-14-7-4-11(2)9-15(14)26-18/h3-7,9-10,20H,1,8H2,2H3,(H,21,22,23). The Morgan fingerprint density at radius 2 is 2.07 bits per heavy atom. The lowest BCUT2D eigenvalue weighted by Crippen LogP contribution is -2.25. The lowest BCUT2D eigenvalue weighted by Gasteiger charge is -2.08. The van der Waals surface area contributed by atoms with Crippen LogP contribution in [0.25, 0.3) is 10.2 Å². The first kappa shape index (κ1) is 19.2. The molecule has 3 rings (SSSR count). The molecule has 0 unspecified atom stereocenters. The number of nitrogens with zero attached hydrogens (tertiary/aromatic N) is 1. The van der Waals surface area contributed by atoms with Crippen molar-refractivity contribution in [1.29, 1.82) is 0 Å². The van der Waals surface area contributed by atoms with Gasteiger partial charge in [0.2, 0.25) is 10.0 Å². The second-order valence-electron chi connectivity index (χ2n) is 5.73. The summed E-state index contributed by atoms with van der Waals surface area (Å²) in [4.78, 5) is 16.2. The number of thiazole rings is 1. The van der Waals surface area contributed by atoms with Crippen LogP contribution in [0.15, 0.2) is 53.9 Å². The van der Waals surface area contributed by atoms with Crippen molar-refractivity contribution in [1.82, 2.24) is 9.71 Å². The number of fused-ring (bicyclic) bond motifs is 1. The Labute approximate surface area is 159 Å². The van der Waals surface area contributed by atoms with Crippen LogP contribution < -0.4 is 10.0 Å². The summed E-state index contributed by atoms with van der Waals surface area (Å²) in [6.07, 6.45) is 1.33. The molecule has 0 fully saturated rings. The topological polar surface area (TPSA) is 88.2 Å². The predicted molar refractivity (Wildman–Crippen MR) is 104 cm³/mol. The fraction of sp³-hybridized carbons (Fsp3) is 0.111. The smallest absolute Gasteiger partial charge is 0.257 e. The van der Waals surface area contributed by atoms with E-state index in [1.807, 2.05) is 25.1 Å². The Hall–Kier alpha value is -2.62. The molecule has 9 heteroatoms. The summed E-state index contributed by atoms with van der Waals surface area (Å²) < 4.78 is 41.4. The average molecular weight is 405 g/mol. The van der Waals surface area contributed by atoms with Crippen LogP contribution in [0, 0.1) is 12.7 Å². The van der Waals surface area contributed by atoms with E-state index in [-0.39, 0.29) is 12.1 Å². The first-order valence-electron chi connectivity index (χ1n) is 7.89. The third-order valence-electron chi connectivity index (χ3n) is 3.67. The van der Waals surface area contributed by atoms with Crippen molar-refractivity contribution in [2.45, 2.75) is 11.8 Å². The lowest BCUT2D eigenvalue weighted by atomic mass is 10.2. The van der Waals surface area contributed by atoms with Crippen LogP contribution in [0.1, 0.15) is 15.9 Å². The normalized spacial score (nSPS) is 11.5. The zero-order chi connectivity index (χ0) is 19.6. The average Bonchev–Trinajstić information content (AvgIpc) is 3.01. The number of benzene rings is 2. The zero-order valence-electron chi connectivity index (χ0n) is 14.3. The summed E-state index contributed by atoms with van der Waals surface area (Å²) in [5.41, 5.74) is 1.83. The van der Waals surface area contributed by atoms with Gasteiger partial charge in [-0.2, -0.15) is 0 Å². The zero-order valence-corrected chi connectivity index (χ0v) is 16.0. The van der Waals surface area contributed by atoms with Gasteiger partial charge in [-0.15, -0.1) is 6.58 Å². The summed E-state index contributed by atoms with van der Waals surface area (Å²) in [7, 11) is -4.10. The maximum atomic E-state index is 14.0. The molecule has 0 saturated carbocycles. The third kappa shape index (κ3) is 4.21. The Balaban J connectivity index is 1.88. The summed E-state index contributed by atoms with van der Waals surface area (Å²) in [5.74, 6) is -1.52. The summed E-state index contributed by atoms with van der Waals surface area (Å²) in [6.45, 7) is 5.31. The predicted octanol–water partition coefficient (Wildman–Crippen LogP) is 3.46. The minimum absolute atomic E-state index is 0.00538. The largest absolute Gasteiger partial charge is 0.298 e. The van der Waals surface area contributed by atoms with Gasteiger partial charge in [0.25, 0.3) is 5.91 Å². The van der Waals surface area contributed by atoms with Gasteiger partial charge < -0.3 is 0 Å². The summed E-state index contributed by atoms with van der Waals surface area (Å²) in [5, 5.41) is 3.00. The van der Waals surface area contributed by atoms with Crippen molar-refractivity contribution in [2.75, 3.05) is 11.9 Å². The molecule has 2 N–H and O–H groups in total. The molecule has 0 atom stereocenters. The molecule has 2 aromatic carbocycles. The van der Waals surface area contributed by atoms with Gasteiger partial charge in [0.05, 0.1) is 10.2 Å². The number of rotatable bonds is 6. The molecule has 1 aromatic heterocycles. The van der Waals surface area contributed by atoms with E-state index in [4.69, 9.17) is 0 Å². The molecule has 0 radical (unpaired) electrons. The first-order chi connectivity index (χ1) is 12.8. The number of nitrogens with one attached hydrogen (secondary N) is 2. The Bertz CT molecular complexity index is 1140. The molecule has 6 nitrogen and oxygen atoms in total. The number of aromatic nitrogens is 1. The minimum Gasteiger partial charge on any atom is -0.298 e. The highest BCUT2D eigenvalue weighted by molar-refractivity contribution is 7.89. The molecular weight excluding hydrogens is 389 g/mol. The number of sulfonamides is 1. The van der Waals surface area contributed by atoms with Gasteiger partial charge in [0.15, 0.2) is 5.13 Å². The molecule has 0 saturated heterocycles. The number of hydrogen-bond acceptors (Lipinski definition) is 5. The quantitative estimate of drug-likeness (QED) is 0.615. The van der Waals surface area contributed by atoms with Crippen molar-refractivity contribution in [3.8, 4) is 0 Å². The van der Waals surface area contributed by atoms with Crippen molar-refractivity contribution in [3.05, 3.63) is 66.0 Å². The fourth-order valence-electron chi connectivity index (χ4n) is 2.35. The SMILES string of the molecule is C=CCNS(=O)(=O)c1cc(C(=O)Nc2nc3ccc(C)cc3s2)ccc1F. The molecule has 0 bridgehead atoms. The molecule has 27 heavy (non-hydrogen) atoms. The van der Waals surface area contributed by atoms with Crippen molar-refractivity contribution < 1.29 is 17.6 Å². The molecule has 1 amide bonds. The van der Waals surface area contributed by atoms with E-state index in [1.54, 1.807) is 0 Å². The number of halogens is 1. The highest BCUT2D eigenvalue weighted by atomic mass is 32.2. The number of hydrogen-bond donors (Lipinski definition) is 2. The molecule has 140 valence electrons. The highest BCUT2D eigenvalue weighted by Gasteiger charge is 2.21. The van der Waals surface area contributed by atoms with Gasteiger partial charge in [0, 0.05) is 12.1 Å². The molecule has 0 aliphatic carbocycles. The van der Waals surface area contributed by atoms with Crippen molar-refractivity contribution >= 4 is 42.6 Å². The van der Waals surface area contributed by atoms with Gasteiger partial charge in [-0.05, 0) is 42.8 Å². The van der Waals surface area contributed by atoms with E-state index in [0.717, 1.165) is 27.9 Å². The van der Waals surface area contributed by atoms with Crippen LogP contribution in [0.2, 0.25) is 0 Å². The Kier molecular flexibility index (Phi) is 5.36. The number of aryl methyl sites for hydroxylation is 1. The van der Waals surface area contributed by atoms with E-state index in [0.29, 0.717) is 5.13 Å². The third-order valence-corrected chi connectivity index (χ3v) is 6.04. The van der Waals surface area contributed by atoms with E-state index < -0.39 is 26.6 Å². The van der Waals surface area contributed by atoms with E-state index >= 15 is 0 Å². The molecule has 0 aliphatic heterocycles. The van der Waals surface area contributed by atoms with Crippen LogP contribution >= 0.6 is 11.3 Å². The van der Waals surface area contributed by atoms with Gasteiger partial charge in [-0.1, -0.05) is 23.5 Å². The van der Waals surface area contributed by atoms with Gasteiger partial charge in [-0.3, -0.25) is 10.1 Å². The fourth-order valence-corrected chi connectivity index (χ4v) is 4.41. The van der Waals surface area contributed by atoms with Crippen molar-refractivity contribution in [3.63, 3.8) is 0 Å². The van der Waals surface area contributed by atoms with Crippen molar-refractivity contribution in [2.24, 2.45) is 0 Å². The molecule has 0 spiro atoms. The lowest BCUT2D eigenvalue weighted by molar-refractivity contribution is 0.102. The summed E-state index contributed by atoms with van der Waals surface area (Å²) >= 11 is 1.30. The van der Waals surface area contributed by atoms with E-state index in [2.05, 4.69) is 21.6 Å². The second kappa shape index (κ2) is 7.55. The maximum Gasteiger partial charge on any atom is 0.257 e. The Morgan fingerprint density at radius 1 is 1.30 bits per heavy atom. The molecule has 1 heterocycles. The number of amides is 1. The molecule has 3 aromatic rings. The van der Waals surface area contributed by atoms with Crippen LogP contribution in [0.3, 0.4) is 0 Å². The van der Waals surface area contributed by atoms with Gasteiger partial charge >= 0.3 is 0 Å². The first-order valence-corrected chi connectivity index (χ1v) is 10.2. The number of anilines is 1. The maximum absolute atomic E-state index is 14.0. The number of carbonyl (C=O) groups excluding carboxylic acids is 1. The van der Waals surface area contributed by atoms with Crippen LogP contribution in [-0.4, -0.2) is 25.9 Å². The Morgan fingerprint density at radius 3 is 2.81 bits per heavy atom. The second-order valence-corrected chi connectivity index (χ2v) is 8.50. The summed E-state index contributed by atoms with van der Waals surface area (Å²) in [6, 6.07) is 8.88. The van der Waals surface area contributed by atoms with E-state index in [9.17, 15) is 17.6 Å². The van der Waals surface area contributed by atoms with Crippen LogP contribution in [0.4, 0.5) is 9.52 Å². The molecular formula is C18H16FN3O3S2. The molecule has 0 aliphatic rings. The van der Waals surface area contributed by atoms with Gasteiger partial charge in [0.1, 0.15) is 10.7 Å². The highest BCUT2D eigenvalue weighted by Crippen LogP contribution is 2.27. The van der Waals surface area contributed by atoms with Crippen LogP contribution in [0.5, 0.6) is 0 Å².